The molecule has 5 nitrogen and oxygen atoms in total. The van der Waals surface area contributed by atoms with E-state index in [4.69, 9.17) is 9.26 Å². The average Bonchev–Trinajstić information content (AvgIpc) is 3.35. The van der Waals surface area contributed by atoms with Gasteiger partial charge in [0.25, 0.3) is 5.89 Å². The molecule has 2 heterocycles. The van der Waals surface area contributed by atoms with Crippen molar-refractivity contribution in [2.24, 2.45) is 0 Å². The van der Waals surface area contributed by atoms with Crippen LogP contribution in [0.4, 0.5) is 5.69 Å². The second kappa shape index (κ2) is 6.97. The summed E-state index contributed by atoms with van der Waals surface area (Å²) in [5, 5.41) is 4.10. The molecule has 1 atom stereocenters. The Hall–Kier alpha value is -2.82. The minimum Gasteiger partial charge on any atom is -0.481 e. The smallest absolute Gasteiger partial charge is 0.267 e. The number of aromatic nitrogens is 2. The van der Waals surface area contributed by atoms with Gasteiger partial charge in [0.1, 0.15) is 5.75 Å². The molecule has 0 spiro atoms. The molecule has 0 bridgehead atoms. The van der Waals surface area contributed by atoms with E-state index in [0.717, 1.165) is 24.4 Å². The summed E-state index contributed by atoms with van der Waals surface area (Å²) in [6.07, 6.45) is 2.25. The first-order chi connectivity index (χ1) is 12.3. The molecule has 0 unspecified atom stereocenters. The van der Waals surface area contributed by atoms with Crippen molar-refractivity contribution in [3.8, 4) is 17.1 Å². The third kappa shape index (κ3) is 3.50. The Kier molecular flexibility index (Phi) is 4.37. The number of hydrogen-bond donors (Lipinski definition) is 0. The number of ether oxygens (including phenoxy) is 1. The summed E-state index contributed by atoms with van der Waals surface area (Å²) >= 11 is 0. The maximum absolute atomic E-state index is 5.83. The Morgan fingerprint density at radius 3 is 2.44 bits per heavy atom. The number of rotatable bonds is 5. The Labute approximate surface area is 147 Å². The Morgan fingerprint density at radius 2 is 1.72 bits per heavy atom. The van der Waals surface area contributed by atoms with Crippen LogP contribution in [0.1, 0.15) is 31.8 Å². The molecule has 1 aliphatic rings. The molecular formula is C20H21N3O2. The predicted octanol–water partition coefficient (Wildman–Crippen LogP) is 4.48. The van der Waals surface area contributed by atoms with Gasteiger partial charge in [-0.3, -0.25) is 0 Å². The van der Waals surface area contributed by atoms with Crippen molar-refractivity contribution in [2.45, 2.75) is 25.9 Å². The lowest BCUT2D eigenvalue weighted by Gasteiger charge is -2.17. The highest BCUT2D eigenvalue weighted by atomic mass is 16.5. The molecule has 0 saturated carbocycles. The summed E-state index contributed by atoms with van der Waals surface area (Å²) in [5.41, 5.74) is 2.20. The third-order valence-corrected chi connectivity index (χ3v) is 4.44. The van der Waals surface area contributed by atoms with Crippen LogP contribution in [0.25, 0.3) is 11.4 Å². The van der Waals surface area contributed by atoms with Crippen molar-refractivity contribution < 1.29 is 9.26 Å². The summed E-state index contributed by atoms with van der Waals surface area (Å²) < 4.78 is 11.2. The van der Waals surface area contributed by atoms with Gasteiger partial charge in [0, 0.05) is 24.3 Å². The molecule has 1 aliphatic heterocycles. The van der Waals surface area contributed by atoms with E-state index in [-0.39, 0.29) is 6.10 Å². The summed E-state index contributed by atoms with van der Waals surface area (Å²) in [6.45, 7) is 4.18. The lowest BCUT2D eigenvalue weighted by molar-refractivity contribution is 0.176. The number of para-hydroxylation sites is 1. The second-order valence-electron chi connectivity index (χ2n) is 6.27. The highest BCUT2D eigenvalue weighted by Gasteiger charge is 2.17. The fourth-order valence-corrected chi connectivity index (χ4v) is 3.07. The van der Waals surface area contributed by atoms with Gasteiger partial charge in [0.15, 0.2) is 6.10 Å². The molecule has 2 aromatic carbocycles. The zero-order valence-corrected chi connectivity index (χ0v) is 14.3. The average molecular weight is 335 g/mol. The normalized spacial score (nSPS) is 15.3. The number of nitrogens with zero attached hydrogens (tertiary/aromatic N) is 3. The van der Waals surface area contributed by atoms with Crippen LogP contribution in [0, 0.1) is 0 Å². The number of benzene rings is 2. The molecular weight excluding hydrogens is 314 g/mol. The molecule has 0 amide bonds. The van der Waals surface area contributed by atoms with Gasteiger partial charge < -0.3 is 14.2 Å². The number of anilines is 1. The van der Waals surface area contributed by atoms with E-state index in [1.165, 1.54) is 18.5 Å². The fourth-order valence-electron chi connectivity index (χ4n) is 3.07. The van der Waals surface area contributed by atoms with Crippen molar-refractivity contribution >= 4 is 5.69 Å². The number of hydrogen-bond acceptors (Lipinski definition) is 5. The molecule has 1 saturated heterocycles. The van der Waals surface area contributed by atoms with Crippen LogP contribution < -0.4 is 9.64 Å². The van der Waals surface area contributed by atoms with E-state index in [1.54, 1.807) is 0 Å². The lowest BCUT2D eigenvalue weighted by atomic mass is 10.2. The molecule has 0 aliphatic carbocycles. The van der Waals surface area contributed by atoms with Crippen LogP contribution in [0.15, 0.2) is 59.1 Å². The van der Waals surface area contributed by atoms with E-state index in [1.807, 2.05) is 49.4 Å². The Balaban J connectivity index is 1.47. The molecule has 3 aromatic rings. The van der Waals surface area contributed by atoms with Gasteiger partial charge in [0.2, 0.25) is 5.82 Å². The topological polar surface area (TPSA) is 51.4 Å². The van der Waals surface area contributed by atoms with Gasteiger partial charge in [-0.15, -0.1) is 0 Å². The van der Waals surface area contributed by atoms with E-state index in [9.17, 15) is 0 Å². The van der Waals surface area contributed by atoms with Crippen molar-refractivity contribution in [2.75, 3.05) is 18.0 Å². The molecule has 4 rings (SSSR count). The van der Waals surface area contributed by atoms with Crippen LogP contribution >= 0.6 is 0 Å². The van der Waals surface area contributed by atoms with Crippen LogP contribution in [0.2, 0.25) is 0 Å². The largest absolute Gasteiger partial charge is 0.481 e. The molecule has 0 N–H and O–H groups in total. The first kappa shape index (κ1) is 15.7. The minimum absolute atomic E-state index is 0.299. The van der Waals surface area contributed by atoms with Crippen LogP contribution in [-0.4, -0.2) is 23.2 Å². The maximum atomic E-state index is 5.83. The molecule has 25 heavy (non-hydrogen) atoms. The molecule has 1 fully saturated rings. The Morgan fingerprint density at radius 1 is 1.00 bits per heavy atom. The summed E-state index contributed by atoms with van der Waals surface area (Å²) in [7, 11) is 0. The SMILES string of the molecule is C[C@@H](Oc1ccccc1)c1nc(-c2ccc(N3CCCC3)cc2)no1. The van der Waals surface area contributed by atoms with Crippen molar-refractivity contribution in [1.29, 1.82) is 0 Å². The highest BCUT2D eigenvalue weighted by Crippen LogP contribution is 2.26. The summed E-state index contributed by atoms with van der Waals surface area (Å²) in [6, 6.07) is 18.0. The van der Waals surface area contributed by atoms with E-state index < -0.39 is 0 Å². The van der Waals surface area contributed by atoms with Crippen LogP contribution in [-0.2, 0) is 0 Å². The molecule has 128 valence electrons. The van der Waals surface area contributed by atoms with Gasteiger partial charge in [0.05, 0.1) is 0 Å². The quantitative estimate of drug-likeness (QED) is 0.688. The van der Waals surface area contributed by atoms with Gasteiger partial charge in [-0.05, 0) is 56.2 Å². The monoisotopic (exact) mass is 335 g/mol. The second-order valence-corrected chi connectivity index (χ2v) is 6.27. The summed E-state index contributed by atoms with van der Waals surface area (Å²) in [4.78, 5) is 6.89. The lowest BCUT2D eigenvalue weighted by Crippen LogP contribution is -2.17. The zero-order chi connectivity index (χ0) is 17.1. The predicted molar refractivity (Wildman–Crippen MR) is 96.7 cm³/mol. The first-order valence-electron chi connectivity index (χ1n) is 8.70. The van der Waals surface area contributed by atoms with Crippen LogP contribution in [0.5, 0.6) is 5.75 Å². The van der Waals surface area contributed by atoms with E-state index in [2.05, 4.69) is 27.2 Å². The van der Waals surface area contributed by atoms with Gasteiger partial charge in [-0.25, -0.2) is 0 Å². The van der Waals surface area contributed by atoms with Crippen molar-refractivity contribution in [3.05, 3.63) is 60.5 Å². The first-order valence-corrected chi connectivity index (χ1v) is 8.70. The molecule has 1 aromatic heterocycles. The molecule has 5 heteroatoms. The van der Waals surface area contributed by atoms with Crippen molar-refractivity contribution in [1.82, 2.24) is 10.1 Å². The maximum Gasteiger partial charge on any atom is 0.267 e. The summed E-state index contributed by atoms with van der Waals surface area (Å²) in [5.74, 6) is 1.85. The minimum atomic E-state index is -0.299. The standard InChI is InChI=1S/C20H21N3O2/c1-15(24-18-7-3-2-4-8-18)20-21-19(22-25-20)16-9-11-17(12-10-16)23-13-5-6-14-23/h2-4,7-12,15H,5-6,13-14H2,1H3/t15-/m1/s1. The third-order valence-electron chi connectivity index (χ3n) is 4.44. The van der Waals surface area contributed by atoms with Gasteiger partial charge in [-0.2, -0.15) is 4.98 Å². The van der Waals surface area contributed by atoms with Gasteiger partial charge >= 0.3 is 0 Å². The Bertz CT molecular complexity index is 808. The fraction of sp³-hybridized carbons (Fsp3) is 0.300. The van der Waals surface area contributed by atoms with E-state index in [0.29, 0.717) is 11.7 Å². The molecule has 0 radical (unpaired) electrons. The van der Waals surface area contributed by atoms with E-state index >= 15 is 0 Å². The zero-order valence-electron chi connectivity index (χ0n) is 14.3. The van der Waals surface area contributed by atoms with Crippen molar-refractivity contribution in [3.63, 3.8) is 0 Å². The highest BCUT2D eigenvalue weighted by molar-refractivity contribution is 5.60. The van der Waals surface area contributed by atoms with Gasteiger partial charge in [-0.1, -0.05) is 23.4 Å². The van der Waals surface area contributed by atoms with Crippen LogP contribution in [0.3, 0.4) is 0 Å².